The molecule has 1 fully saturated rings. The summed E-state index contributed by atoms with van der Waals surface area (Å²) in [5.41, 5.74) is 3.64. The second-order valence-corrected chi connectivity index (χ2v) is 4.80. The van der Waals surface area contributed by atoms with E-state index in [4.69, 9.17) is 0 Å². The molecule has 0 saturated carbocycles. The van der Waals surface area contributed by atoms with E-state index in [-0.39, 0.29) is 0 Å². The van der Waals surface area contributed by atoms with Crippen molar-refractivity contribution in [3.63, 3.8) is 0 Å². The van der Waals surface area contributed by atoms with Gasteiger partial charge in [-0.3, -0.25) is 0 Å². The lowest BCUT2D eigenvalue weighted by Gasteiger charge is -2.21. The van der Waals surface area contributed by atoms with E-state index in [1.807, 2.05) is 0 Å². The maximum absolute atomic E-state index is 4.01. The molecule has 1 saturated heterocycles. The molecule has 1 aromatic carbocycles. The van der Waals surface area contributed by atoms with Crippen LogP contribution < -0.4 is 10.2 Å². The Morgan fingerprint density at radius 1 is 1.05 bits per heavy atom. The van der Waals surface area contributed by atoms with Crippen LogP contribution in [-0.2, 0) is 6.54 Å². The average Bonchev–Trinajstić information content (AvgIpc) is 3.01. The number of rotatable bonds is 4. The van der Waals surface area contributed by atoms with E-state index < -0.39 is 0 Å². The first kappa shape index (κ1) is 12.0. The van der Waals surface area contributed by atoms with Crippen LogP contribution in [0.3, 0.4) is 0 Å². The molecule has 0 bridgehead atoms. The fourth-order valence-electron chi connectivity index (χ4n) is 2.51. The van der Waals surface area contributed by atoms with Crippen molar-refractivity contribution < 1.29 is 0 Å². The molecule has 0 radical (unpaired) electrons. The van der Waals surface area contributed by atoms with Gasteiger partial charge < -0.3 is 10.2 Å². The minimum atomic E-state index is 0.806. The quantitative estimate of drug-likeness (QED) is 0.910. The Labute approximate surface area is 113 Å². The zero-order chi connectivity index (χ0) is 12.9. The highest BCUT2D eigenvalue weighted by atomic mass is 15.1. The van der Waals surface area contributed by atoms with Crippen LogP contribution in [0.4, 0.5) is 11.4 Å². The molecular formula is C15H18N4. The van der Waals surface area contributed by atoms with Gasteiger partial charge in [0.25, 0.3) is 0 Å². The van der Waals surface area contributed by atoms with Crippen LogP contribution >= 0.6 is 0 Å². The normalized spacial score (nSPS) is 14.6. The third-order valence-corrected chi connectivity index (χ3v) is 3.48. The van der Waals surface area contributed by atoms with Crippen LogP contribution in [0.1, 0.15) is 18.4 Å². The van der Waals surface area contributed by atoms with Gasteiger partial charge in [0.15, 0.2) is 0 Å². The van der Waals surface area contributed by atoms with Crippen LogP contribution in [-0.4, -0.2) is 23.1 Å². The highest BCUT2D eigenvalue weighted by Gasteiger charge is 2.14. The minimum absolute atomic E-state index is 0.806. The molecule has 1 aliphatic heterocycles. The number of benzene rings is 1. The maximum Gasteiger partial charge on any atom is 0.115 e. The van der Waals surface area contributed by atoms with Crippen molar-refractivity contribution in [1.82, 2.24) is 9.97 Å². The number of anilines is 2. The van der Waals surface area contributed by atoms with Gasteiger partial charge in [-0.05, 0) is 24.5 Å². The van der Waals surface area contributed by atoms with Crippen molar-refractivity contribution in [2.75, 3.05) is 23.3 Å². The molecule has 2 aromatic rings. The summed E-state index contributed by atoms with van der Waals surface area (Å²) in [6.45, 7) is 3.15. The van der Waals surface area contributed by atoms with Crippen molar-refractivity contribution in [3.05, 3.63) is 48.5 Å². The average molecular weight is 254 g/mol. The first-order valence-corrected chi connectivity index (χ1v) is 6.75. The van der Waals surface area contributed by atoms with E-state index in [0.29, 0.717) is 0 Å². The second kappa shape index (κ2) is 5.69. The van der Waals surface area contributed by atoms with Gasteiger partial charge in [-0.25, -0.2) is 9.97 Å². The highest BCUT2D eigenvalue weighted by Crippen LogP contribution is 2.25. The van der Waals surface area contributed by atoms with E-state index in [1.165, 1.54) is 37.2 Å². The van der Waals surface area contributed by atoms with Gasteiger partial charge in [0.2, 0.25) is 0 Å². The molecule has 4 nitrogen and oxygen atoms in total. The Kier molecular flexibility index (Phi) is 3.58. The number of nitrogens with zero attached hydrogens (tertiary/aromatic N) is 3. The number of para-hydroxylation sites is 1. The van der Waals surface area contributed by atoms with Crippen molar-refractivity contribution >= 4 is 11.4 Å². The summed E-state index contributed by atoms with van der Waals surface area (Å²) in [4.78, 5) is 10.5. The van der Waals surface area contributed by atoms with Crippen molar-refractivity contribution in [3.8, 4) is 0 Å². The summed E-state index contributed by atoms with van der Waals surface area (Å²) in [6.07, 6.45) is 7.74. The lowest BCUT2D eigenvalue weighted by Crippen LogP contribution is -2.19. The fourth-order valence-corrected chi connectivity index (χ4v) is 2.51. The van der Waals surface area contributed by atoms with Gasteiger partial charge in [0, 0.05) is 25.3 Å². The number of nitrogens with one attached hydrogen (secondary N) is 1. The monoisotopic (exact) mass is 254 g/mol. The lowest BCUT2D eigenvalue weighted by molar-refractivity contribution is 0.949. The fraction of sp³-hybridized carbons (Fsp3) is 0.333. The van der Waals surface area contributed by atoms with Gasteiger partial charge in [-0.1, -0.05) is 18.2 Å². The van der Waals surface area contributed by atoms with Crippen LogP contribution in [0.5, 0.6) is 0 Å². The number of aromatic nitrogens is 2. The second-order valence-electron chi connectivity index (χ2n) is 4.80. The molecule has 0 unspecified atom stereocenters. The summed E-state index contributed by atoms with van der Waals surface area (Å²) < 4.78 is 0. The predicted octanol–water partition coefficient (Wildman–Crippen LogP) is 2.69. The summed E-state index contributed by atoms with van der Waals surface area (Å²) >= 11 is 0. The summed E-state index contributed by atoms with van der Waals surface area (Å²) in [5, 5.41) is 3.37. The van der Waals surface area contributed by atoms with E-state index in [9.17, 15) is 0 Å². The van der Waals surface area contributed by atoms with Crippen LogP contribution in [0.25, 0.3) is 0 Å². The first-order valence-electron chi connectivity index (χ1n) is 6.75. The topological polar surface area (TPSA) is 41.0 Å². The molecule has 0 aliphatic carbocycles. The Morgan fingerprint density at radius 3 is 2.58 bits per heavy atom. The SMILES string of the molecule is c1ccc(N2CCCC2)c(CNc2cncnc2)c1. The summed E-state index contributed by atoms with van der Waals surface area (Å²) in [6, 6.07) is 8.61. The van der Waals surface area contributed by atoms with Gasteiger partial charge in [0.05, 0.1) is 18.1 Å². The standard InChI is InChI=1S/C15H18N4/c1-2-6-15(19-7-3-4-8-19)13(5-1)9-18-14-10-16-12-17-11-14/h1-2,5-6,10-12,18H,3-4,7-9H2. The third-order valence-electron chi connectivity index (χ3n) is 3.48. The lowest BCUT2D eigenvalue weighted by atomic mass is 10.1. The van der Waals surface area contributed by atoms with Crippen LogP contribution in [0.15, 0.2) is 43.0 Å². The molecule has 98 valence electrons. The molecule has 0 spiro atoms. The third kappa shape index (κ3) is 2.84. The van der Waals surface area contributed by atoms with Gasteiger partial charge in [0.1, 0.15) is 6.33 Å². The minimum Gasteiger partial charge on any atom is -0.378 e. The first-order chi connectivity index (χ1) is 9.43. The maximum atomic E-state index is 4.01. The van der Waals surface area contributed by atoms with E-state index in [2.05, 4.69) is 44.5 Å². The summed E-state index contributed by atoms with van der Waals surface area (Å²) in [5.74, 6) is 0. The molecule has 1 N–H and O–H groups in total. The molecule has 0 atom stereocenters. The molecule has 3 rings (SSSR count). The van der Waals surface area contributed by atoms with Crippen LogP contribution in [0, 0.1) is 0 Å². The van der Waals surface area contributed by atoms with E-state index in [0.717, 1.165) is 12.2 Å². The Balaban J connectivity index is 1.73. The Bertz CT molecular complexity index is 521. The van der Waals surface area contributed by atoms with Crippen molar-refractivity contribution in [1.29, 1.82) is 0 Å². The van der Waals surface area contributed by atoms with Gasteiger partial charge in [-0.2, -0.15) is 0 Å². The smallest absolute Gasteiger partial charge is 0.115 e. The van der Waals surface area contributed by atoms with E-state index >= 15 is 0 Å². The number of hydrogen-bond donors (Lipinski definition) is 1. The number of hydrogen-bond acceptors (Lipinski definition) is 4. The van der Waals surface area contributed by atoms with Gasteiger partial charge >= 0.3 is 0 Å². The predicted molar refractivity (Wildman–Crippen MR) is 77.2 cm³/mol. The zero-order valence-electron chi connectivity index (χ0n) is 10.9. The Hall–Kier alpha value is -2.10. The molecule has 2 heterocycles. The van der Waals surface area contributed by atoms with E-state index in [1.54, 1.807) is 18.7 Å². The van der Waals surface area contributed by atoms with Crippen LogP contribution in [0.2, 0.25) is 0 Å². The molecule has 19 heavy (non-hydrogen) atoms. The van der Waals surface area contributed by atoms with Gasteiger partial charge in [-0.15, -0.1) is 0 Å². The highest BCUT2D eigenvalue weighted by molar-refractivity contribution is 5.55. The Morgan fingerprint density at radius 2 is 1.79 bits per heavy atom. The van der Waals surface area contributed by atoms with Crippen molar-refractivity contribution in [2.24, 2.45) is 0 Å². The molecule has 0 amide bonds. The zero-order valence-corrected chi connectivity index (χ0v) is 10.9. The molecular weight excluding hydrogens is 236 g/mol. The molecule has 4 heteroatoms. The molecule has 1 aliphatic rings. The van der Waals surface area contributed by atoms with Crippen molar-refractivity contribution in [2.45, 2.75) is 19.4 Å². The summed E-state index contributed by atoms with van der Waals surface area (Å²) in [7, 11) is 0. The molecule has 1 aromatic heterocycles. The largest absolute Gasteiger partial charge is 0.378 e.